The van der Waals surface area contributed by atoms with E-state index in [2.05, 4.69) is 10.1 Å². The summed E-state index contributed by atoms with van der Waals surface area (Å²) in [6.07, 6.45) is 1.89. The van der Waals surface area contributed by atoms with Gasteiger partial charge in [-0.1, -0.05) is 35.0 Å². The molecule has 0 N–H and O–H groups in total. The van der Waals surface area contributed by atoms with Crippen molar-refractivity contribution in [1.82, 2.24) is 15.0 Å². The first-order valence-electron chi connectivity index (χ1n) is 11.4. The molecule has 2 aromatic carbocycles. The van der Waals surface area contributed by atoms with Crippen LogP contribution in [0.5, 0.6) is 5.75 Å². The van der Waals surface area contributed by atoms with Crippen molar-refractivity contribution in [3.63, 3.8) is 0 Å². The largest absolute Gasteiger partial charge is 0.501 e. The molecule has 0 spiro atoms. The standard InChI is InChI=1S/C26H25N4O4S/c1-16(2)33-20-10-8-19(9-11-20)24-27-22(34-28-24)15-29-21-12-13-35-23(21)25(31)30(26(29)32)14-18-6-4-17(3)5-7-18/h4-13,16,23H,14-15H2,1-3H3/q+1. The molecule has 2 aliphatic rings. The lowest BCUT2D eigenvalue weighted by atomic mass is 10.1. The van der Waals surface area contributed by atoms with Gasteiger partial charge in [-0.05, 0) is 62.1 Å². The number of urea groups is 1. The number of thioether (sulfide) groups is 1. The van der Waals surface area contributed by atoms with Crippen molar-refractivity contribution in [3.8, 4) is 17.1 Å². The Kier molecular flexibility index (Phi) is 6.25. The summed E-state index contributed by atoms with van der Waals surface area (Å²) >= 11 is 1.39. The van der Waals surface area contributed by atoms with Crippen LogP contribution in [0.4, 0.5) is 4.79 Å². The van der Waals surface area contributed by atoms with Gasteiger partial charge in [0.1, 0.15) is 18.0 Å². The first-order chi connectivity index (χ1) is 16.9. The van der Waals surface area contributed by atoms with Gasteiger partial charge in [-0.25, -0.2) is 4.79 Å². The monoisotopic (exact) mass is 489 g/mol. The molecule has 0 saturated carbocycles. The highest BCUT2D eigenvalue weighted by atomic mass is 32.2. The first-order valence-corrected chi connectivity index (χ1v) is 12.3. The minimum atomic E-state index is -0.464. The number of hydrogen-bond acceptors (Lipinski definition) is 7. The molecule has 1 unspecified atom stereocenters. The summed E-state index contributed by atoms with van der Waals surface area (Å²) in [5.74, 6) is 1.26. The predicted molar refractivity (Wildman–Crippen MR) is 132 cm³/mol. The van der Waals surface area contributed by atoms with Gasteiger partial charge in [0.15, 0.2) is 11.8 Å². The van der Waals surface area contributed by atoms with E-state index in [9.17, 15) is 9.59 Å². The van der Waals surface area contributed by atoms with Gasteiger partial charge in [0.25, 0.3) is 5.89 Å². The Balaban J connectivity index is 1.38. The summed E-state index contributed by atoms with van der Waals surface area (Å²) in [6.45, 7) is 6.22. The van der Waals surface area contributed by atoms with Crippen molar-refractivity contribution >= 4 is 29.4 Å². The second-order valence-electron chi connectivity index (χ2n) is 8.73. The maximum absolute atomic E-state index is 13.4. The molecule has 0 aliphatic carbocycles. The van der Waals surface area contributed by atoms with Gasteiger partial charge in [0, 0.05) is 5.56 Å². The molecule has 3 aromatic rings. The number of allylic oxidation sites excluding steroid dienone is 1. The number of aryl methyl sites for hydroxylation is 1. The van der Waals surface area contributed by atoms with Crippen molar-refractivity contribution < 1.29 is 23.4 Å². The molecular weight excluding hydrogens is 464 g/mol. The number of benzene rings is 2. The number of carbonyl (C=O) groups is 2. The fraction of sp³-hybridized carbons (Fsp3) is 0.269. The number of aromatic nitrogens is 2. The van der Waals surface area contributed by atoms with Crippen LogP contribution in [0.1, 0.15) is 30.9 Å². The minimum absolute atomic E-state index is 0.0782. The van der Waals surface area contributed by atoms with E-state index in [4.69, 9.17) is 9.26 Å². The Labute approximate surface area is 207 Å². The highest BCUT2D eigenvalue weighted by Gasteiger charge is 2.49. The summed E-state index contributed by atoms with van der Waals surface area (Å²) < 4.78 is 12.7. The Bertz CT molecular complexity index is 1330. The second-order valence-corrected chi connectivity index (χ2v) is 9.74. The second kappa shape index (κ2) is 9.50. The lowest BCUT2D eigenvalue weighted by Gasteiger charge is -2.23. The van der Waals surface area contributed by atoms with Crippen molar-refractivity contribution in [2.45, 2.75) is 45.2 Å². The summed E-state index contributed by atoms with van der Waals surface area (Å²) in [5, 5.41) is 5.46. The van der Waals surface area contributed by atoms with E-state index in [0.717, 1.165) is 22.4 Å². The molecule has 0 fully saturated rings. The molecule has 0 radical (unpaired) electrons. The molecule has 0 bridgehead atoms. The number of amides is 3. The average molecular weight is 490 g/mol. The van der Waals surface area contributed by atoms with Gasteiger partial charge in [-0.3, -0.25) is 0 Å². The molecule has 0 saturated heterocycles. The molecule has 35 heavy (non-hydrogen) atoms. The van der Waals surface area contributed by atoms with Gasteiger partial charge >= 0.3 is 11.9 Å². The van der Waals surface area contributed by atoms with Crippen LogP contribution in [0.25, 0.3) is 11.4 Å². The number of rotatable bonds is 7. The Morgan fingerprint density at radius 3 is 2.57 bits per heavy atom. The highest BCUT2D eigenvalue weighted by Crippen LogP contribution is 2.29. The molecule has 1 aromatic heterocycles. The molecule has 2 aliphatic heterocycles. The van der Waals surface area contributed by atoms with Gasteiger partial charge in [-0.15, -0.1) is 11.8 Å². The zero-order chi connectivity index (χ0) is 24.5. The van der Waals surface area contributed by atoms with E-state index in [1.165, 1.54) is 16.7 Å². The Morgan fingerprint density at radius 1 is 1.11 bits per heavy atom. The maximum atomic E-state index is 13.4. The molecule has 3 heterocycles. The van der Waals surface area contributed by atoms with E-state index in [1.54, 1.807) is 10.7 Å². The molecule has 178 valence electrons. The Morgan fingerprint density at radius 2 is 1.86 bits per heavy atom. The quantitative estimate of drug-likeness (QED) is 0.449. The predicted octanol–water partition coefficient (Wildman–Crippen LogP) is 4.58. The number of hydrogen-bond donors (Lipinski definition) is 0. The third kappa shape index (κ3) is 4.77. The Hall–Kier alpha value is -3.72. The SMILES string of the molecule is Cc1ccc(CN2C(=O)C3SC=CC3=[N+](Cc3nc(-c4ccc(OC(C)C)cc4)no3)C2=O)cc1. The van der Waals surface area contributed by atoms with E-state index < -0.39 is 11.3 Å². The van der Waals surface area contributed by atoms with Crippen molar-refractivity contribution in [2.24, 2.45) is 0 Å². The van der Waals surface area contributed by atoms with Crippen LogP contribution in [0.2, 0.25) is 0 Å². The summed E-state index contributed by atoms with van der Waals surface area (Å²) in [7, 11) is 0. The number of imide groups is 1. The van der Waals surface area contributed by atoms with Gasteiger partial charge in [0.05, 0.1) is 6.10 Å². The minimum Gasteiger partial charge on any atom is -0.491 e. The molecular formula is C26H25N4O4S+. The van der Waals surface area contributed by atoms with Gasteiger partial charge in [-0.2, -0.15) is 19.3 Å². The molecule has 1 atom stereocenters. The van der Waals surface area contributed by atoms with Crippen LogP contribution < -0.4 is 4.74 Å². The number of nitrogens with zero attached hydrogens (tertiary/aromatic N) is 4. The summed E-state index contributed by atoms with van der Waals surface area (Å²) in [5.41, 5.74) is 3.42. The van der Waals surface area contributed by atoms with Gasteiger partial charge in [0.2, 0.25) is 5.82 Å². The van der Waals surface area contributed by atoms with Crippen LogP contribution >= 0.6 is 11.8 Å². The highest BCUT2D eigenvalue weighted by molar-refractivity contribution is 8.04. The van der Waals surface area contributed by atoms with Crippen LogP contribution in [0.15, 0.2) is 64.5 Å². The molecule has 8 nitrogen and oxygen atoms in total. The van der Waals surface area contributed by atoms with Crippen LogP contribution in [-0.2, 0) is 17.9 Å². The first kappa shape index (κ1) is 23.0. The lowest BCUT2D eigenvalue weighted by Crippen LogP contribution is -2.54. The normalized spacial score (nSPS) is 17.5. The molecule has 3 amide bonds. The molecule has 5 rings (SSSR count). The van der Waals surface area contributed by atoms with Gasteiger partial charge < -0.3 is 9.26 Å². The number of ether oxygens (including phenoxy) is 1. The van der Waals surface area contributed by atoms with E-state index in [0.29, 0.717) is 11.5 Å². The van der Waals surface area contributed by atoms with E-state index >= 15 is 0 Å². The third-order valence-corrected chi connectivity index (χ3v) is 6.70. The average Bonchev–Trinajstić information content (AvgIpc) is 3.51. The summed E-state index contributed by atoms with van der Waals surface area (Å²) in [4.78, 5) is 32.3. The fourth-order valence-electron chi connectivity index (χ4n) is 3.96. The van der Waals surface area contributed by atoms with Crippen LogP contribution in [-0.4, -0.2) is 48.6 Å². The fourth-order valence-corrected chi connectivity index (χ4v) is 4.92. The van der Waals surface area contributed by atoms with E-state index in [1.807, 2.05) is 74.7 Å². The molecule has 9 heteroatoms. The lowest BCUT2D eigenvalue weighted by molar-refractivity contribution is -0.458. The smallest absolute Gasteiger partial charge is 0.491 e. The van der Waals surface area contributed by atoms with Crippen LogP contribution in [0.3, 0.4) is 0 Å². The zero-order valence-corrected chi connectivity index (χ0v) is 20.5. The number of carbonyl (C=O) groups excluding carboxylic acids is 2. The zero-order valence-electron chi connectivity index (χ0n) is 19.7. The topological polar surface area (TPSA) is 88.5 Å². The van der Waals surface area contributed by atoms with Crippen molar-refractivity contribution in [1.29, 1.82) is 0 Å². The summed E-state index contributed by atoms with van der Waals surface area (Å²) in [6, 6.07) is 14.8. The van der Waals surface area contributed by atoms with Crippen LogP contribution in [0, 0.1) is 6.92 Å². The third-order valence-electron chi connectivity index (χ3n) is 5.69. The number of fused-ring (bicyclic) bond motifs is 1. The maximum Gasteiger partial charge on any atom is 0.501 e. The van der Waals surface area contributed by atoms with Crippen molar-refractivity contribution in [3.05, 3.63) is 77.0 Å². The van der Waals surface area contributed by atoms with Crippen molar-refractivity contribution in [2.75, 3.05) is 0 Å². The van der Waals surface area contributed by atoms with E-state index in [-0.39, 0.29) is 31.0 Å².